The van der Waals surface area contributed by atoms with Gasteiger partial charge in [0.15, 0.2) is 0 Å². The monoisotopic (exact) mass is 231 g/mol. The fourth-order valence-corrected chi connectivity index (χ4v) is 3.23. The van der Waals surface area contributed by atoms with E-state index in [1.54, 1.807) is 0 Å². The molecule has 2 fully saturated rings. The second kappa shape index (κ2) is 4.57. The fraction of sp³-hybridized carbons (Fsp3) is 0.571. The summed E-state index contributed by atoms with van der Waals surface area (Å²) < 4.78 is 0. The molecule has 1 aromatic rings. The van der Waals surface area contributed by atoms with Gasteiger partial charge in [-0.05, 0) is 37.8 Å². The van der Waals surface area contributed by atoms with Crippen LogP contribution in [0.3, 0.4) is 0 Å². The number of hydrogen-bond donors (Lipinski definition) is 3. The lowest BCUT2D eigenvalue weighted by molar-refractivity contribution is 0.230. The number of nitrogen functional groups attached to an aromatic ring is 1. The molecule has 0 saturated carbocycles. The molecule has 3 nitrogen and oxygen atoms in total. The highest BCUT2D eigenvalue weighted by atomic mass is 15.0. The molecule has 4 N–H and O–H groups in total. The van der Waals surface area contributed by atoms with E-state index < -0.39 is 0 Å². The van der Waals surface area contributed by atoms with Crippen LogP contribution >= 0.6 is 0 Å². The smallest absolute Gasteiger partial charge is 0.0576 e. The Balaban J connectivity index is 1.68. The molecular weight excluding hydrogens is 210 g/mol. The minimum Gasteiger partial charge on any atom is -0.397 e. The number of anilines is 2. The third-order valence-corrected chi connectivity index (χ3v) is 4.04. The molecule has 3 rings (SSSR count). The molecule has 2 aliphatic heterocycles. The van der Waals surface area contributed by atoms with E-state index in [1.807, 2.05) is 18.2 Å². The summed E-state index contributed by atoms with van der Waals surface area (Å²) >= 11 is 0. The molecule has 0 spiro atoms. The molecule has 1 aromatic carbocycles. The maximum absolute atomic E-state index is 5.98. The molecule has 2 atom stereocenters. The van der Waals surface area contributed by atoms with Crippen molar-refractivity contribution < 1.29 is 0 Å². The largest absolute Gasteiger partial charge is 0.397 e. The Bertz CT molecular complexity index is 379. The van der Waals surface area contributed by atoms with Crippen LogP contribution in [0.25, 0.3) is 0 Å². The van der Waals surface area contributed by atoms with E-state index in [4.69, 9.17) is 5.73 Å². The summed E-state index contributed by atoms with van der Waals surface area (Å²) in [5.41, 5.74) is 7.93. The Morgan fingerprint density at radius 3 is 2.53 bits per heavy atom. The standard InChI is InChI=1S/C14H21N3/c15-13-6-1-2-7-14(13)17-12-8-10-4-3-5-11(9-12)16-10/h1-2,6-7,10-12,16-17H,3-5,8-9,15H2. The molecule has 2 unspecified atom stereocenters. The van der Waals surface area contributed by atoms with E-state index in [-0.39, 0.29) is 0 Å². The summed E-state index contributed by atoms with van der Waals surface area (Å²) in [6.07, 6.45) is 6.51. The van der Waals surface area contributed by atoms with Gasteiger partial charge in [-0.3, -0.25) is 0 Å². The molecule has 2 heterocycles. The number of fused-ring (bicyclic) bond motifs is 2. The van der Waals surface area contributed by atoms with Gasteiger partial charge in [0.2, 0.25) is 0 Å². The Morgan fingerprint density at radius 1 is 1.12 bits per heavy atom. The molecule has 3 heteroatoms. The number of piperidine rings is 2. The van der Waals surface area contributed by atoms with Crippen LogP contribution < -0.4 is 16.4 Å². The summed E-state index contributed by atoms with van der Waals surface area (Å²) in [7, 11) is 0. The zero-order chi connectivity index (χ0) is 11.7. The molecule has 17 heavy (non-hydrogen) atoms. The lowest BCUT2D eigenvalue weighted by atomic mass is 9.84. The van der Waals surface area contributed by atoms with Gasteiger partial charge in [-0.15, -0.1) is 0 Å². The number of benzene rings is 1. The van der Waals surface area contributed by atoms with Crippen molar-refractivity contribution in [2.45, 2.75) is 50.2 Å². The van der Waals surface area contributed by atoms with Crippen LogP contribution in [0.1, 0.15) is 32.1 Å². The fourth-order valence-electron chi connectivity index (χ4n) is 3.23. The van der Waals surface area contributed by atoms with E-state index in [0.717, 1.165) is 11.4 Å². The molecule has 0 aromatic heterocycles. The van der Waals surface area contributed by atoms with Crippen LogP contribution in [-0.4, -0.2) is 18.1 Å². The molecule has 92 valence electrons. The minimum absolute atomic E-state index is 0.580. The topological polar surface area (TPSA) is 50.1 Å². The Labute approximate surface area is 103 Å². The maximum Gasteiger partial charge on any atom is 0.0576 e. The van der Waals surface area contributed by atoms with Crippen molar-refractivity contribution in [2.75, 3.05) is 11.1 Å². The highest BCUT2D eigenvalue weighted by Gasteiger charge is 2.31. The molecule has 2 aliphatic rings. The minimum atomic E-state index is 0.580. The number of para-hydroxylation sites is 2. The lowest BCUT2D eigenvalue weighted by Gasteiger charge is -2.41. The highest BCUT2D eigenvalue weighted by molar-refractivity contribution is 5.66. The zero-order valence-corrected chi connectivity index (χ0v) is 10.2. The molecule has 0 radical (unpaired) electrons. The number of hydrogen-bond acceptors (Lipinski definition) is 3. The van der Waals surface area contributed by atoms with Gasteiger partial charge in [-0.1, -0.05) is 18.6 Å². The van der Waals surface area contributed by atoms with Gasteiger partial charge in [0.05, 0.1) is 11.4 Å². The van der Waals surface area contributed by atoms with Crippen LogP contribution in [-0.2, 0) is 0 Å². The van der Waals surface area contributed by atoms with Crippen molar-refractivity contribution in [1.29, 1.82) is 0 Å². The summed E-state index contributed by atoms with van der Waals surface area (Å²) in [6, 6.07) is 10.1. The first-order chi connectivity index (χ1) is 8.31. The first-order valence-corrected chi connectivity index (χ1v) is 6.68. The average Bonchev–Trinajstić information content (AvgIpc) is 2.32. The molecule has 2 saturated heterocycles. The summed E-state index contributed by atoms with van der Waals surface area (Å²) in [6.45, 7) is 0. The summed E-state index contributed by atoms with van der Waals surface area (Å²) in [5.74, 6) is 0. The predicted molar refractivity (Wildman–Crippen MR) is 72.1 cm³/mol. The van der Waals surface area contributed by atoms with Gasteiger partial charge in [0.25, 0.3) is 0 Å². The van der Waals surface area contributed by atoms with E-state index in [2.05, 4.69) is 16.7 Å². The van der Waals surface area contributed by atoms with Gasteiger partial charge < -0.3 is 16.4 Å². The molecular formula is C14H21N3. The van der Waals surface area contributed by atoms with Crippen molar-refractivity contribution >= 4 is 11.4 Å². The van der Waals surface area contributed by atoms with Crippen LogP contribution in [0.15, 0.2) is 24.3 Å². The van der Waals surface area contributed by atoms with E-state index in [1.165, 1.54) is 32.1 Å². The summed E-state index contributed by atoms with van der Waals surface area (Å²) in [5, 5.41) is 7.32. The van der Waals surface area contributed by atoms with E-state index in [9.17, 15) is 0 Å². The first-order valence-electron chi connectivity index (χ1n) is 6.68. The quantitative estimate of drug-likeness (QED) is 0.685. The van der Waals surface area contributed by atoms with Crippen molar-refractivity contribution in [2.24, 2.45) is 0 Å². The number of nitrogens with two attached hydrogens (primary N) is 1. The predicted octanol–water partition coefficient (Wildman–Crippen LogP) is 2.35. The molecule has 2 bridgehead atoms. The maximum atomic E-state index is 5.98. The van der Waals surface area contributed by atoms with Crippen LogP contribution in [0.4, 0.5) is 11.4 Å². The third kappa shape index (κ3) is 2.39. The van der Waals surface area contributed by atoms with E-state index in [0.29, 0.717) is 18.1 Å². The second-order valence-corrected chi connectivity index (χ2v) is 5.39. The highest BCUT2D eigenvalue weighted by Crippen LogP contribution is 2.29. The number of rotatable bonds is 2. The SMILES string of the molecule is Nc1ccccc1NC1CC2CCCC(C1)N2. The normalized spacial score (nSPS) is 32.1. The van der Waals surface area contributed by atoms with Gasteiger partial charge >= 0.3 is 0 Å². The number of nitrogens with one attached hydrogen (secondary N) is 2. The second-order valence-electron chi connectivity index (χ2n) is 5.39. The Morgan fingerprint density at radius 2 is 1.82 bits per heavy atom. The third-order valence-electron chi connectivity index (χ3n) is 4.04. The Kier molecular flexibility index (Phi) is 2.93. The lowest BCUT2D eigenvalue weighted by Crippen LogP contribution is -2.52. The van der Waals surface area contributed by atoms with Crippen molar-refractivity contribution in [3.8, 4) is 0 Å². The summed E-state index contributed by atoms with van der Waals surface area (Å²) in [4.78, 5) is 0. The van der Waals surface area contributed by atoms with Crippen molar-refractivity contribution in [1.82, 2.24) is 5.32 Å². The van der Waals surface area contributed by atoms with Gasteiger partial charge in [0, 0.05) is 18.1 Å². The molecule has 0 amide bonds. The van der Waals surface area contributed by atoms with Crippen LogP contribution in [0, 0.1) is 0 Å². The van der Waals surface area contributed by atoms with Crippen LogP contribution in [0.5, 0.6) is 0 Å². The van der Waals surface area contributed by atoms with Crippen LogP contribution in [0.2, 0.25) is 0 Å². The van der Waals surface area contributed by atoms with Gasteiger partial charge in [-0.25, -0.2) is 0 Å². The Hall–Kier alpha value is -1.22. The molecule has 0 aliphatic carbocycles. The van der Waals surface area contributed by atoms with Crippen molar-refractivity contribution in [3.63, 3.8) is 0 Å². The van der Waals surface area contributed by atoms with Gasteiger partial charge in [-0.2, -0.15) is 0 Å². The van der Waals surface area contributed by atoms with E-state index >= 15 is 0 Å². The van der Waals surface area contributed by atoms with Crippen molar-refractivity contribution in [3.05, 3.63) is 24.3 Å². The van der Waals surface area contributed by atoms with Gasteiger partial charge in [0.1, 0.15) is 0 Å². The first kappa shape index (κ1) is 10.9. The average molecular weight is 231 g/mol. The zero-order valence-electron chi connectivity index (χ0n) is 10.2.